The Morgan fingerprint density at radius 1 is 1.07 bits per heavy atom. The van der Waals surface area contributed by atoms with Gasteiger partial charge in [-0.15, -0.1) is 0 Å². The van der Waals surface area contributed by atoms with Crippen LogP contribution in [-0.2, 0) is 0 Å². The summed E-state index contributed by atoms with van der Waals surface area (Å²) in [6, 6.07) is 0. The van der Waals surface area contributed by atoms with Gasteiger partial charge in [0.05, 0.1) is 6.61 Å². The second-order valence-electron chi connectivity index (χ2n) is 2.23. The first kappa shape index (κ1) is 15.3. The van der Waals surface area contributed by atoms with Crippen molar-refractivity contribution in [3.63, 3.8) is 0 Å². The van der Waals surface area contributed by atoms with E-state index in [4.69, 9.17) is 22.3 Å². The van der Waals surface area contributed by atoms with Crippen LogP contribution in [0.2, 0.25) is 0 Å². The maximum absolute atomic E-state index is 7.75. The van der Waals surface area contributed by atoms with Crippen LogP contribution in [0.3, 0.4) is 0 Å². The molecule has 84 valence electrons. The molecular weight excluding hydrogens is 182 g/mol. The third-order valence-electron chi connectivity index (χ3n) is 1.05. The van der Waals surface area contributed by atoms with Crippen molar-refractivity contribution in [1.29, 1.82) is 0 Å². The number of nitrogens with two attached hydrogens (primary N) is 3. The van der Waals surface area contributed by atoms with E-state index in [1.807, 2.05) is 13.8 Å². The van der Waals surface area contributed by atoms with E-state index in [1.165, 1.54) is 0 Å². The van der Waals surface area contributed by atoms with Crippen LogP contribution in [0.15, 0.2) is 9.98 Å². The summed E-state index contributed by atoms with van der Waals surface area (Å²) in [5.41, 5.74) is 15.6. The van der Waals surface area contributed by atoms with Crippen LogP contribution in [0.5, 0.6) is 0 Å². The fourth-order valence-corrected chi connectivity index (χ4v) is 0.503. The van der Waals surface area contributed by atoms with Gasteiger partial charge in [-0.25, -0.2) is 0 Å². The zero-order valence-corrected chi connectivity index (χ0v) is 8.90. The van der Waals surface area contributed by atoms with E-state index in [0.717, 1.165) is 0 Å². The number of hydrogen-bond acceptors (Lipinski definition) is 4. The number of aliphatic hydroxyl groups is 1. The van der Waals surface area contributed by atoms with E-state index in [9.17, 15) is 0 Å². The number of amidine groups is 2. The summed E-state index contributed by atoms with van der Waals surface area (Å²) in [4.78, 5) is 7.76. The fraction of sp³-hybridized carbons (Fsp3) is 0.750. The average molecular weight is 203 g/mol. The summed E-state index contributed by atoms with van der Waals surface area (Å²) >= 11 is 0. The van der Waals surface area contributed by atoms with Crippen molar-refractivity contribution in [2.45, 2.75) is 13.8 Å². The number of hydrogen-bond donors (Lipinski definition) is 4. The van der Waals surface area contributed by atoms with Crippen molar-refractivity contribution in [3.8, 4) is 0 Å². The third kappa shape index (κ3) is 10.9. The first-order chi connectivity index (χ1) is 6.63. The Kier molecular flexibility index (Phi) is 13.0. The Morgan fingerprint density at radius 3 is 1.50 bits per heavy atom. The lowest BCUT2D eigenvalue weighted by atomic mass is 10.5. The summed E-state index contributed by atoms with van der Waals surface area (Å²) in [6.45, 7) is 5.55. The van der Waals surface area contributed by atoms with E-state index >= 15 is 0 Å². The van der Waals surface area contributed by atoms with E-state index in [0.29, 0.717) is 31.3 Å². The number of aliphatic hydroxyl groups excluding tert-OH is 1. The van der Waals surface area contributed by atoms with E-state index in [1.54, 1.807) is 0 Å². The maximum Gasteiger partial charge on any atom is 0.161 e. The van der Waals surface area contributed by atoms with Gasteiger partial charge < -0.3 is 22.3 Å². The molecule has 6 heteroatoms. The smallest absolute Gasteiger partial charge is 0.161 e. The molecule has 0 aliphatic carbocycles. The maximum atomic E-state index is 7.75. The van der Waals surface area contributed by atoms with E-state index in [-0.39, 0.29) is 6.61 Å². The van der Waals surface area contributed by atoms with E-state index < -0.39 is 0 Å². The minimum atomic E-state index is 0.0972. The molecule has 0 radical (unpaired) electrons. The highest BCUT2D eigenvalue weighted by molar-refractivity contribution is 6.39. The Balaban J connectivity index is 0. The van der Waals surface area contributed by atoms with E-state index in [2.05, 4.69) is 9.98 Å². The predicted molar refractivity (Wildman–Crippen MR) is 60.5 cm³/mol. The van der Waals surface area contributed by atoms with Crippen LogP contribution in [0.1, 0.15) is 13.8 Å². The Bertz CT molecular complexity index is 159. The molecule has 0 bridgehead atoms. The van der Waals surface area contributed by atoms with Gasteiger partial charge in [0, 0.05) is 19.6 Å². The van der Waals surface area contributed by atoms with Crippen LogP contribution in [0.25, 0.3) is 0 Å². The Hall–Kier alpha value is -1.14. The van der Waals surface area contributed by atoms with Gasteiger partial charge in [0.1, 0.15) is 0 Å². The third-order valence-corrected chi connectivity index (χ3v) is 1.05. The van der Waals surface area contributed by atoms with Gasteiger partial charge in [-0.05, 0) is 13.8 Å². The quantitative estimate of drug-likeness (QED) is 0.335. The topological polar surface area (TPSA) is 123 Å². The van der Waals surface area contributed by atoms with Gasteiger partial charge >= 0.3 is 0 Å². The highest BCUT2D eigenvalue weighted by atomic mass is 16.3. The molecule has 0 saturated heterocycles. The van der Waals surface area contributed by atoms with Crippen molar-refractivity contribution in [2.24, 2.45) is 27.2 Å². The summed E-state index contributed by atoms with van der Waals surface area (Å²) in [6.07, 6.45) is 0. The molecule has 0 unspecified atom stereocenters. The van der Waals surface area contributed by atoms with Crippen molar-refractivity contribution in [1.82, 2.24) is 0 Å². The molecule has 7 N–H and O–H groups in total. The molecule has 0 aromatic rings. The lowest BCUT2D eigenvalue weighted by Gasteiger charge is -1.96. The zero-order chi connectivity index (χ0) is 11.4. The fourth-order valence-electron chi connectivity index (χ4n) is 0.503. The molecule has 0 spiro atoms. The van der Waals surface area contributed by atoms with Gasteiger partial charge in [0.2, 0.25) is 0 Å². The summed E-state index contributed by atoms with van der Waals surface area (Å²) in [5.74, 6) is 0.675. The molecule has 0 atom stereocenters. The molecule has 0 rings (SSSR count). The molecule has 6 nitrogen and oxygen atoms in total. The number of nitrogens with zero attached hydrogens (tertiary/aromatic N) is 2. The van der Waals surface area contributed by atoms with Crippen LogP contribution in [-0.4, -0.2) is 43.0 Å². The Labute approximate surface area is 84.9 Å². The molecule has 0 fully saturated rings. The molecular formula is C8H21N5O. The highest BCUT2D eigenvalue weighted by Crippen LogP contribution is 1.73. The van der Waals surface area contributed by atoms with Crippen molar-refractivity contribution in [3.05, 3.63) is 0 Å². The first-order valence-corrected chi connectivity index (χ1v) is 4.55. The second-order valence-corrected chi connectivity index (χ2v) is 2.23. The van der Waals surface area contributed by atoms with Crippen LogP contribution >= 0.6 is 0 Å². The molecule has 14 heavy (non-hydrogen) atoms. The molecule has 0 saturated carbocycles. The zero-order valence-electron chi connectivity index (χ0n) is 8.90. The molecule has 0 aliphatic heterocycles. The summed E-state index contributed by atoms with van der Waals surface area (Å²) in [7, 11) is 0. The first-order valence-electron chi connectivity index (χ1n) is 4.55. The minimum absolute atomic E-state index is 0.0972. The predicted octanol–water partition coefficient (Wildman–Crippen LogP) is -1.32. The lowest BCUT2D eigenvalue weighted by molar-refractivity contribution is 0.306. The average Bonchev–Trinajstić information content (AvgIpc) is 2.19. The lowest BCUT2D eigenvalue weighted by Crippen LogP contribution is -2.31. The monoisotopic (exact) mass is 203 g/mol. The Morgan fingerprint density at radius 2 is 1.36 bits per heavy atom. The standard InChI is InChI=1S/C6H14N4.C2H7NO/c1-3-9-5(7)6(8)10-4-2;3-1-2-4/h3-4H2,1-2H3,(H2,7,9)(H2,8,10);4H,1-3H2. The highest BCUT2D eigenvalue weighted by Gasteiger charge is 1.94. The SMILES string of the molecule is CCN=C(N)C(N)=NCC.NCCO. The van der Waals surface area contributed by atoms with Gasteiger partial charge in [0.25, 0.3) is 0 Å². The molecule has 0 aromatic heterocycles. The largest absolute Gasteiger partial charge is 0.395 e. The van der Waals surface area contributed by atoms with Gasteiger partial charge in [-0.3, -0.25) is 9.98 Å². The molecule has 0 amide bonds. The van der Waals surface area contributed by atoms with Crippen LogP contribution in [0, 0.1) is 0 Å². The van der Waals surface area contributed by atoms with Gasteiger partial charge in [-0.2, -0.15) is 0 Å². The number of rotatable bonds is 3. The normalized spacial score (nSPS) is 12.0. The summed E-state index contributed by atoms with van der Waals surface area (Å²) in [5, 5.41) is 7.75. The molecule has 0 aliphatic rings. The van der Waals surface area contributed by atoms with Crippen molar-refractivity contribution < 1.29 is 5.11 Å². The molecule has 0 aromatic carbocycles. The summed E-state index contributed by atoms with van der Waals surface area (Å²) < 4.78 is 0. The van der Waals surface area contributed by atoms with Crippen molar-refractivity contribution >= 4 is 11.7 Å². The molecule has 0 heterocycles. The second kappa shape index (κ2) is 11.9. The van der Waals surface area contributed by atoms with Gasteiger partial charge in [-0.1, -0.05) is 0 Å². The van der Waals surface area contributed by atoms with Crippen LogP contribution < -0.4 is 17.2 Å². The van der Waals surface area contributed by atoms with Crippen LogP contribution in [0.4, 0.5) is 0 Å². The van der Waals surface area contributed by atoms with Gasteiger partial charge in [0.15, 0.2) is 11.7 Å². The number of aliphatic imine (C=N–C) groups is 2. The minimum Gasteiger partial charge on any atom is -0.395 e. The van der Waals surface area contributed by atoms with Crippen molar-refractivity contribution in [2.75, 3.05) is 26.2 Å².